The second kappa shape index (κ2) is 9.95. The maximum absolute atomic E-state index is 14.1. The smallest absolute Gasteiger partial charge is 0.409 e. The third-order valence-electron chi connectivity index (χ3n) is 8.24. The molecule has 190 valence electrons. The number of anilines is 1. The van der Waals surface area contributed by atoms with Gasteiger partial charge in [0.1, 0.15) is 0 Å². The number of fused-ring (bicyclic) bond motifs is 3. The Labute approximate surface area is 210 Å². The summed E-state index contributed by atoms with van der Waals surface area (Å²) < 4.78 is 10.7. The van der Waals surface area contributed by atoms with E-state index in [9.17, 15) is 14.4 Å². The first kappa shape index (κ1) is 24.3. The number of piperidine rings is 2. The van der Waals surface area contributed by atoms with E-state index < -0.39 is 0 Å². The van der Waals surface area contributed by atoms with Gasteiger partial charge in [-0.05, 0) is 49.8 Å². The van der Waals surface area contributed by atoms with Gasteiger partial charge in [-0.1, -0.05) is 24.1 Å². The summed E-state index contributed by atoms with van der Waals surface area (Å²) in [5, 5.41) is 4.07. The van der Waals surface area contributed by atoms with E-state index in [2.05, 4.69) is 5.32 Å². The number of amides is 4. The zero-order valence-corrected chi connectivity index (χ0v) is 20.9. The number of imide groups is 1. The number of carbonyl (C=O) groups excluding carboxylic acids is 3. The summed E-state index contributed by atoms with van der Waals surface area (Å²) in [5.74, 6) is -0.418. The number of hydrogen-bond acceptors (Lipinski definition) is 6. The third-order valence-corrected chi connectivity index (χ3v) is 8.48. The number of benzene rings is 1. The maximum Gasteiger partial charge on any atom is 0.409 e. The van der Waals surface area contributed by atoms with E-state index in [0.717, 1.165) is 19.3 Å². The van der Waals surface area contributed by atoms with Gasteiger partial charge in [0.05, 0.1) is 30.9 Å². The van der Waals surface area contributed by atoms with Crippen molar-refractivity contribution in [1.82, 2.24) is 15.1 Å². The van der Waals surface area contributed by atoms with Crippen molar-refractivity contribution < 1.29 is 23.9 Å². The molecule has 9 nitrogen and oxygen atoms in total. The molecule has 3 heterocycles. The van der Waals surface area contributed by atoms with Crippen LogP contribution in [0.4, 0.5) is 15.3 Å². The van der Waals surface area contributed by atoms with E-state index in [-0.39, 0.29) is 54.1 Å². The van der Waals surface area contributed by atoms with Crippen LogP contribution in [0.1, 0.15) is 32.1 Å². The van der Waals surface area contributed by atoms with Crippen LogP contribution in [0.2, 0.25) is 5.02 Å². The molecule has 0 aromatic heterocycles. The Balaban J connectivity index is 1.50. The summed E-state index contributed by atoms with van der Waals surface area (Å²) in [6.45, 7) is 1.51. The number of ether oxygens (including phenoxy) is 2. The highest BCUT2D eigenvalue weighted by Crippen LogP contribution is 2.43. The molecule has 35 heavy (non-hydrogen) atoms. The van der Waals surface area contributed by atoms with Gasteiger partial charge >= 0.3 is 12.1 Å². The van der Waals surface area contributed by atoms with Gasteiger partial charge in [-0.3, -0.25) is 4.79 Å². The third kappa shape index (κ3) is 4.27. The minimum atomic E-state index is -0.359. The Morgan fingerprint density at radius 2 is 1.89 bits per heavy atom. The van der Waals surface area contributed by atoms with E-state index in [1.165, 1.54) is 12.0 Å². The van der Waals surface area contributed by atoms with Crippen molar-refractivity contribution in [2.45, 2.75) is 56.3 Å². The number of nitrogens with one attached hydrogen (secondary N) is 1. The lowest BCUT2D eigenvalue weighted by Crippen LogP contribution is -2.74. The van der Waals surface area contributed by atoms with Crippen molar-refractivity contribution in [3.05, 3.63) is 29.3 Å². The molecule has 5 rings (SSSR count). The molecule has 4 amide bonds. The molecule has 4 fully saturated rings. The SMILES string of the molecule is COC(=O)N1CCC(N2C(=O)N(c3cccc(Cl)c3)C(=O)C3CNC4C(OC)CCCC4C32)CC1. The molecule has 5 unspecified atom stereocenters. The van der Waals surface area contributed by atoms with Crippen molar-refractivity contribution in [2.24, 2.45) is 11.8 Å². The van der Waals surface area contributed by atoms with Crippen LogP contribution in [0.3, 0.4) is 0 Å². The predicted octanol–water partition coefficient (Wildman–Crippen LogP) is 3.11. The maximum atomic E-state index is 14.1. The van der Waals surface area contributed by atoms with E-state index in [4.69, 9.17) is 21.1 Å². The van der Waals surface area contributed by atoms with E-state index in [1.807, 2.05) is 4.90 Å². The lowest BCUT2D eigenvalue weighted by atomic mass is 9.69. The van der Waals surface area contributed by atoms with Crippen molar-refractivity contribution >= 4 is 35.3 Å². The molecule has 1 aromatic carbocycles. The highest BCUT2D eigenvalue weighted by Gasteiger charge is 2.57. The molecule has 3 aliphatic heterocycles. The molecule has 0 spiro atoms. The van der Waals surface area contributed by atoms with Crippen molar-refractivity contribution in [3.8, 4) is 0 Å². The average molecular weight is 505 g/mol. The number of carbonyl (C=O) groups is 3. The number of rotatable bonds is 3. The van der Waals surface area contributed by atoms with Gasteiger partial charge in [0.25, 0.3) is 0 Å². The van der Waals surface area contributed by atoms with E-state index >= 15 is 0 Å². The fourth-order valence-electron chi connectivity index (χ4n) is 6.65. The van der Waals surface area contributed by atoms with Gasteiger partial charge in [0.15, 0.2) is 0 Å². The molecule has 1 saturated carbocycles. The first-order valence-electron chi connectivity index (χ1n) is 12.5. The van der Waals surface area contributed by atoms with E-state index in [0.29, 0.717) is 43.2 Å². The molecule has 0 radical (unpaired) electrons. The molecule has 1 aromatic rings. The van der Waals surface area contributed by atoms with Crippen molar-refractivity contribution in [3.63, 3.8) is 0 Å². The van der Waals surface area contributed by atoms with Crippen LogP contribution in [0.25, 0.3) is 0 Å². The van der Waals surface area contributed by atoms with Crippen LogP contribution >= 0.6 is 11.6 Å². The van der Waals surface area contributed by atoms with E-state index in [1.54, 1.807) is 36.3 Å². The molecule has 5 atom stereocenters. The monoisotopic (exact) mass is 504 g/mol. The summed E-state index contributed by atoms with van der Waals surface area (Å²) in [4.78, 5) is 44.9. The van der Waals surface area contributed by atoms with Gasteiger partial charge in [-0.25, -0.2) is 14.5 Å². The predicted molar refractivity (Wildman–Crippen MR) is 130 cm³/mol. The van der Waals surface area contributed by atoms with Crippen LogP contribution in [-0.4, -0.2) is 85.9 Å². The summed E-state index contributed by atoms with van der Waals surface area (Å²) in [6, 6.07) is 6.42. The van der Waals surface area contributed by atoms with Crippen molar-refractivity contribution in [2.75, 3.05) is 38.8 Å². The molecular weight excluding hydrogens is 472 g/mol. The number of urea groups is 1. The quantitative estimate of drug-likeness (QED) is 0.680. The largest absolute Gasteiger partial charge is 0.453 e. The topological polar surface area (TPSA) is 91.4 Å². The highest BCUT2D eigenvalue weighted by atomic mass is 35.5. The van der Waals surface area contributed by atoms with Gasteiger partial charge in [0.2, 0.25) is 5.91 Å². The molecule has 1 aliphatic carbocycles. The Morgan fingerprint density at radius 1 is 1.11 bits per heavy atom. The molecule has 1 N–H and O–H groups in total. The Morgan fingerprint density at radius 3 is 2.57 bits per heavy atom. The zero-order chi connectivity index (χ0) is 24.7. The zero-order valence-electron chi connectivity index (χ0n) is 20.2. The molecule has 10 heteroatoms. The van der Waals surface area contributed by atoms with Crippen LogP contribution in [0, 0.1) is 11.8 Å². The standard InChI is InChI=1S/C25H33ClN4O5/c1-34-20-8-4-7-18-21(20)27-14-19-22(18)29(16-9-11-28(12-10-16)25(33)35-2)24(32)30(23(19)31)17-6-3-5-15(26)13-17/h3,5-6,13,16,18-22,27H,4,7-12,14H2,1-2H3. The number of hydrogen-bond donors (Lipinski definition) is 1. The fraction of sp³-hybridized carbons (Fsp3) is 0.640. The summed E-state index contributed by atoms with van der Waals surface area (Å²) in [5.41, 5.74) is 0.489. The number of halogens is 1. The Hall–Kier alpha value is -2.36. The first-order chi connectivity index (χ1) is 16.9. The minimum Gasteiger partial charge on any atom is -0.453 e. The van der Waals surface area contributed by atoms with Crippen LogP contribution in [0.5, 0.6) is 0 Å². The molecular formula is C25H33ClN4O5. The number of nitrogens with zero attached hydrogens (tertiary/aromatic N) is 3. The Kier molecular flexibility index (Phi) is 6.92. The fourth-order valence-corrected chi connectivity index (χ4v) is 6.83. The van der Waals surface area contributed by atoms with Crippen LogP contribution in [0.15, 0.2) is 24.3 Å². The second-order valence-corrected chi connectivity index (χ2v) is 10.4. The normalized spacial score (nSPS) is 31.7. The highest BCUT2D eigenvalue weighted by molar-refractivity contribution is 6.31. The summed E-state index contributed by atoms with van der Waals surface area (Å²) in [6.07, 6.45) is 3.90. The van der Waals surface area contributed by atoms with Crippen LogP contribution < -0.4 is 10.2 Å². The van der Waals surface area contributed by atoms with Crippen molar-refractivity contribution in [1.29, 1.82) is 0 Å². The second-order valence-electron chi connectivity index (χ2n) is 9.93. The number of likely N-dealkylation sites (tertiary alicyclic amines) is 1. The lowest BCUT2D eigenvalue weighted by Gasteiger charge is -2.57. The molecule has 0 bridgehead atoms. The van der Waals surface area contributed by atoms with Gasteiger partial charge < -0.3 is 24.6 Å². The van der Waals surface area contributed by atoms with Crippen LogP contribution in [-0.2, 0) is 14.3 Å². The summed E-state index contributed by atoms with van der Waals surface area (Å²) >= 11 is 6.23. The van der Waals surface area contributed by atoms with Gasteiger partial charge in [-0.2, -0.15) is 0 Å². The minimum absolute atomic E-state index is 0.0638. The Bertz CT molecular complexity index is 984. The molecule has 4 aliphatic rings. The first-order valence-corrected chi connectivity index (χ1v) is 12.8. The summed E-state index contributed by atoms with van der Waals surface area (Å²) in [7, 11) is 3.12. The average Bonchev–Trinajstić information content (AvgIpc) is 2.88. The van der Waals surface area contributed by atoms with Gasteiger partial charge in [0, 0.05) is 43.9 Å². The van der Waals surface area contributed by atoms with Gasteiger partial charge in [-0.15, -0.1) is 0 Å². The molecule has 3 saturated heterocycles. The number of methoxy groups -OCH3 is 2. The lowest BCUT2D eigenvalue weighted by molar-refractivity contribution is -0.132.